The molecule has 0 saturated heterocycles. The molecule has 0 amide bonds. The predicted molar refractivity (Wildman–Crippen MR) is 138 cm³/mol. The Morgan fingerprint density at radius 2 is 1.12 bits per heavy atom. The number of nitrogens with zero attached hydrogens (tertiary/aromatic N) is 2. The maximum Gasteiger partial charge on any atom is 0.0637 e. The van der Waals surface area contributed by atoms with Crippen LogP contribution in [0.3, 0.4) is 0 Å². The van der Waals surface area contributed by atoms with E-state index in [2.05, 4.69) is 102 Å². The summed E-state index contributed by atoms with van der Waals surface area (Å²) in [6.45, 7) is 2.24. The molecule has 0 radical (unpaired) electrons. The first-order valence-corrected chi connectivity index (χ1v) is 12.0. The van der Waals surface area contributed by atoms with E-state index in [1.54, 1.807) is 0 Å². The van der Waals surface area contributed by atoms with Crippen molar-refractivity contribution in [2.75, 3.05) is 18.0 Å². The van der Waals surface area contributed by atoms with Crippen LogP contribution in [0.15, 0.2) is 108 Å². The quantitative estimate of drug-likeness (QED) is 0.311. The standard InChI is InChI=1S/C31H28N2/c1-4-10-23(11-5-1)22-32-26-20-29-27(24-12-6-2-7-13-24)16-18-33-19-17-28(30(21-26)31(29)33)25-14-8-3-9-15-25/h1-15,20-22,27-28H,16-19H2/t27-,28-/m0/s1. The Bertz CT molecular complexity index is 1190. The number of rotatable bonds is 4. The number of anilines is 1. The molecule has 2 atom stereocenters. The molecule has 4 aromatic rings. The van der Waals surface area contributed by atoms with Crippen molar-refractivity contribution in [2.24, 2.45) is 4.99 Å². The molecule has 2 nitrogen and oxygen atoms in total. The van der Waals surface area contributed by atoms with Crippen LogP contribution in [0.5, 0.6) is 0 Å². The highest BCUT2D eigenvalue weighted by atomic mass is 15.1. The first-order chi connectivity index (χ1) is 16.4. The van der Waals surface area contributed by atoms with Gasteiger partial charge in [-0.2, -0.15) is 0 Å². The predicted octanol–water partition coefficient (Wildman–Crippen LogP) is 7.31. The maximum atomic E-state index is 4.96. The molecule has 2 heteroatoms. The summed E-state index contributed by atoms with van der Waals surface area (Å²) >= 11 is 0. The Hall–Kier alpha value is -3.65. The zero-order chi connectivity index (χ0) is 22.0. The summed E-state index contributed by atoms with van der Waals surface area (Å²) in [6.07, 6.45) is 4.30. The molecular weight excluding hydrogens is 400 g/mol. The fourth-order valence-corrected chi connectivity index (χ4v) is 5.60. The lowest BCUT2D eigenvalue weighted by atomic mass is 9.76. The zero-order valence-electron chi connectivity index (χ0n) is 18.8. The van der Waals surface area contributed by atoms with Gasteiger partial charge >= 0.3 is 0 Å². The highest BCUT2D eigenvalue weighted by Gasteiger charge is 2.34. The van der Waals surface area contributed by atoms with Crippen LogP contribution in [0.2, 0.25) is 0 Å². The maximum absolute atomic E-state index is 4.96. The number of benzene rings is 4. The molecule has 2 aliphatic heterocycles. The summed E-state index contributed by atoms with van der Waals surface area (Å²) in [4.78, 5) is 7.57. The van der Waals surface area contributed by atoms with Crippen LogP contribution in [0.1, 0.15) is 52.5 Å². The van der Waals surface area contributed by atoms with E-state index < -0.39 is 0 Å². The molecule has 0 aliphatic carbocycles. The van der Waals surface area contributed by atoms with Crippen LogP contribution in [0.25, 0.3) is 0 Å². The van der Waals surface area contributed by atoms with Crippen molar-refractivity contribution in [1.82, 2.24) is 0 Å². The monoisotopic (exact) mass is 428 g/mol. The van der Waals surface area contributed by atoms with Crippen molar-refractivity contribution in [1.29, 1.82) is 0 Å². The molecule has 162 valence electrons. The Morgan fingerprint density at radius 3 is 1.64 bits per heavy atom. The lowest BCUT2D eigenvalue weighted by Crippen LogP contribution is -2.37. The van der Waals surface area contributed by atoms with Gasteiger partial charge in [0.15, 0.2) is 0 Å². The van der Waals surface area contributed by atoms with Crippen LogP contribution in [0, 0.1) is 0 Å². The number of hydrogen-bond acceptors (Lipinski definition) is 2. The molecule has 0 aromatic heterocycles. The van der Waals surface area contributed by atoms with Crippen molar-refractivity contribution < 1.29 is 0 Å². The minimum Gasteiger partial charge on any atom is -0.371 e. The molecule has 2 aliphatic rings. The fourth-order valence-electron chi connectivity index (χ4n) is 5.60. The summed E-state index contributed by atoms with van der Waals surface area (Å²) in [7, 11) is 0. The molecule has 0 saturated carbocycles. The van der Waals surface area contributed by atoms with Gasteiger partial charge in [0.05, 0.1) is 5.69 Å². The molecule has 0 fully saturated rings. The van der Waals surface area contributed by atoms with Gasteiger partial charge in [-0.25, -0.2) is 0 Å². The van der Waals surface area contributed by atoms with Crippen molar-refractivity contribution in [3.8, 4) is 0 Å². The normalized spacial score (nSPS) is 19.5. The van der Waals surface area contributed by atoms with Gasteiger partial charge in [-0.1, -0.05) is 91.0 Å². The Kier molecular flexibility index (Phi) is 5.28. The molecule has 0 N–H and O–H groups in total. The van der Waals surface area contributed by atoms with Crippen LogP contribution >= 0.6 is 0 Å². The summed E-state index contributed by atoms with van der Waals surface area (Å²) in [5.41, 5.74) is 9.32. The number of aliphatic imine (C=N–C) groups is 1. The molecule has 4 aromatic carbocycles. The van der Waals surface area contributed by atoms with E-state index in [1.165, 1.54) is 27.9 Å². The van der Waals surface area contributed by atoms with Crippen LogP contribution in [-0.4, -0.2) is 19.3 Å². The van der Waals surface area contributed by atoms with Gasteiger partial charge < -0.3 is 4.90 Å². The highest BCUT2D eigenvalue weighted by Crippen LogP contribution is 2.49. The van der Waals surface area contributed by atoms with Gasteiger partial charge in [0, 0.05) is 36.8 Å². The van der Waals surface area contributed by atoms with E-state index >= 15 is 0 Å². The van der Waals surface area contributed by atoms with E-state index in [4.69, 9.17) is 4.99 Å². The van der Waals surface area contributed by atoms with Crippen LogP contribution in [0.4, 0.5) is 11.4 Å². The highest BCUT2D eigenvalue weighted by molar-refractivity contribution is 5.83. The molecule has 0 bridgehead atoms. The molecular formula is C31H28N2. The van der Waals surface area contributed by atoms with Crippen molar-refractivity contribution in [3.63, 3.8) is 0 Å². The lowest BCUT2D eigenvalue weighted by Gasteiger charge is -2.43. The van der Waals surface area contributed by atoms with Crippen molar-refractivity contribution in [3.05, 3.63) is 131 Å². The minimum atomic E-state index is 0.414. The second-order valence-electron chi connectivity index (χ2n) is 9.13. The molecule has 0 unspecified atom stereocenters. The van der Waals surface area contributed by atoms with E-state index in [0.29, 0.717) is 11.8 Å². The smallest absolute Gasteiger partial charge is 0.0637 e. The minimum absolute atomic E-state index is 0.414. The third-order valence-electron chi connectivity index (χ3n) is 7.16. The first kappa shape index (κ1) is 20.0. The van der Waals surface area contributed by atoms with Gasteiger partial charge in [0.1, 0.15) is 0 Å². The van der Waals surface area contributed by atoms with E-state index in [0.717, 1.165) is 37.2 Å². The number of hydrogen-bond donors (Lipinski definition) is 0. The molecule has 33 heavy (non-hydrogen) atoms. The van der Waals surface area contributed by atoms with Crippen molar-refractivity contribution >= 4 is 17.6 Å². The SMILES string of the molecule is C(=Nc1cc2c3c(c1)[C@H](c1ccccc1)CCN3CC[C@H]2c1ccccc1)c1ccccc1. The Morgan fingerprint density at radius 1 is 0.636 bits per heavy atom. The summed E-state index contributed by atoms with van der Waals surface area (Å²) in [6, 6.07) is 37.1. The van der Waals surface area contributed by atoms with Crippen LogP contribution in [-0.2, 0) is 0 Å². The Labute approximate surface area is 196 Å². The molecule has 2 heterocycles. The van der Waals surface area contributed by atoms with Gasteiger partial charge in [-0.3, -0.25) is 4.99 Å². The summed E-state index contributed by atoms with van der Waals surface area (Å²) in [5, 5.41) is 0. The average Bonchev–Trinajstić information content (AvgIpc) is 2.89. The molecule has 6 rings (SSSR count). The van der Waals surface area contributed by atoms with Gasteiger partial charge in [0.25, 0.3) is 0 Å². The third-order valence-corrected chi connectivity index (χ3v) is 7.16. The zero-order valence-corrected chi connectivity index (χ0v) is 18.8. The van der Waals surface area contributed by atoms with E-state index in [9.17, 15) is 0 Å². The van der Waals surface area contributed by atoms with Gasteiger partial charge in [-0.15, -0.1) is 0 Å². The Balaban J connectivity index is 1.51. The van der Waals surface area contributed by atoms with Gasteiger partial charge in [0.2, 0.25) is 0 Å². The molecule has 0 spiro atoms. The van der Waals surface area contributed by atoms with E-state index in [1.807, 2.05) is 12.3 Å². The van der Waals surface area contributed by atoms with E-state index in [-0.39, 0.29) is 0 Å². The van der Waals surface area contributed by atoms with Crippen molar-refractivity contribution in [2.45, 2.75) is 24.7 Å². The van der Waals surface area contributed by atoms with Crippen LogP contribution < -0.4 is 4.90 Å². The summed E-state index contributed by atoms with van der Waals surface area (Å²) < 4.78 is 0. The third kappa shape index (κ3) is 3.87. The summed E-state index contributed by atoms with van der Waals surface area (Å²) in [5.74, 6) is 0.829. The fraction of sp³-hybridized carbons (Fsp3) is 0.194. The topological polar surface area (TPSA) is 15.6 Å². The first-order valence-electron chi connectivity index (χ1n) is 12.0. The second kappa shape index (κ2) is 8.71. The van der Waals surface area contributed by atoms with Gasteiger partial charge in [-0.05, 0) is 52.8 Å². The largest absolute Gasteiger partial charge is 0.371 e. The lowest BCUT2D eigenvalue weighted by molar-refractivity contribution is 0.571. The second-order valence-corrected chi connectivity index (χ2v) is 9.13. The average molecular weight is 429 g/mol.